The number of carbonyl (C=O) groups is 1. The number of fused-ring (bicyclic) bond motifs is 1. The van der Waals surface area contributed by atoms with Crippen molar-refractivity contribution in [2.24, 2.45) is 4.99 Å². The largest absolute Gasteiger partial charge is 0.486 e. The molecule has 1 amide bonds. The van der Waals surface area contributed by atoms with Crippen molar-refractivity contribution in [2.75, 3.05) is 18.5 Å². The van der Waals surface area contributed by atoms with E-state index >= 15 is 0 Å². The summed E-state index contributed by atoms with van der Waals surface area (Å²) < 4.78 is 11.2. The van der Waals surface area contributed by atoms with Crippen LogP contribution in [-0.2, 0) is 12.0 Å². The molecular formula is C26H28N4O3. The number of nitrogens with one attached hydrogen (secondary N) is 2. The summed E-state index contributed by atoms with van der Waals surface area (Å²) in [6.07, 6.45) is 1.72. The number of pyridine rings is 1. The summed E-state index contributed by atoms with van der Waals surface area (Å²) in [7, 11) is 0. The third kappa shape index (κ3) is 5.88. The second-order valence-electron chi connectivity index (χ2n) is 8.75. The van der Waals surface area contributed by atoms with E-state index in [-0.39, 0.29) is 11.3 Å². The zero-order valence-corrected chi connectivity index (χ0v) is 19.1. The van der Waals surface area contributed by atoms with Gasteiger partial charge in [0, 0.05) is 23.5 Å². The number of nitrogens with zero attached hydrogens (tertiary/aromatic N) is 2. The number of guanidine groups is 1. The van der Waals surface area contributed by atoms with Crippen molar-refractivity contribution in [1.82, 2.24) is 10.3 Å². The van der Waals surface area contributed by atoms with E-state index in [0.717, 1.165) is 16.9 Å². The Morgan fingerprint density at radius 1 is 1.00 bits per heavy atom. The van der Waals surface area contributed by atoms with Crippen LogP contribution in [0.5, 0.6) is 11.5 Å². The maximum absolute atomic E-state index is 13.0. The van der Waals surface area contributed by atoms with E-state index in [4.69, 9.17) is 9.47 Å². The molecular weight excluding hydrogens is 416 g/mol. The van der Waals surface area contributed by atoms with Gasteiger partial charge in [-0.3, -0.25) is 15.1 Å². The molecule has 0 bridgehead atoms. The molecule has 1 aromatic heterocycles. The van der Waals surface area contributed by atoms with E-state index in [0.29, 0.717) is 42.8 Å². The molecule has 0 radical (unpaired) electrons. The highest BCUT2D eigenvalue weighted by molar-refractivity contribution is 6.10. The quantitative estimate of drug-likeness (QED) is 0.456. The number of amides is 1. The fourth-order valence-corrected chi connectivity index (χ4v) is 3.32. The van der Waals surface area contributed by atoms with Gasteiger partial charge in [-0.2, -0.15) is 0 Å². The molecule has 0 saturated heterocycles. The van der Waals surface area contributed by atoms with Gasteiger partial charge in [-0.15, -0.1) is 0 Å². The summed E-state index contributed by atoms with van der Waals surface area (Å²) >= 11 is 0. The second kappa shape index (κ2) is 9.73. The average molecular weight is 445 g/mol. The van der Waals surface area contributed by atoms with Crippen LogP contribution in [0.15, 0.2) is 71.9 Å². The molecule has 2 heterocycles. The molecule has 0 fully saturated rings. The first kappa shape index (κ1) is 22.3. The monoisotopic (exact) mass is 444 g/mol. The SMILES string of the molecule is CC(C)(C)c1ccc(C(=O)NC(=NCc2ccccn2)Nc2ccc3c(c2)OCCO3)cc1. The van der Waals surface area contributed by atoms with Gasteiger partial charge in [-0.1, -0.05) is 39.0 Å². The summed E-state index contributed by atoms with van der Waals surface area (Å²) in [5.74, 6) is 1.42. The Morgan fingerprint density at radius 3 is 2.45 bits per heavy atom. The van der Waals surface area contributed by atoms with Crippen molar-refractivity contribution in [2.45, 2.75) is 32.7 Å². The molecule has 1 aliphatic rings. The molecule has 2 aromatic carbocycles. The van der Waals surface area contributed by atoms with E-state index in [1.54, 1.807) is 6.20 Å². The summed E-state index contributed by atoms with van der Waals surface area (Å²) in [5, 5.41) is 6.08. The molecule has 0 saturated carbocycles. The smallest absolute Gasteiger partial charge is 0.257 e. The van der Waals surface area contributed by atoms with Crippen molar-refractivity contribution in [3.05, 3.63) is 83.7 Å². The van der Waals surface area contributed by atoms with Crippen molar-refractivity contribution in [1.29, 1.82) is 0 Å². The third-order valence-corrected chi connectivity index (χ3v) is 5.18. The summed E-state index contributed by atoms with van der Waals surface area (Å²) in [4.78, 5) is 21.8. The van der Waals surface area contributed by atoms with Crippen LogP contribution in [0.1, 0.15) is 42.4 Å². The Labute approximate surface area is 193 Å². The molecule has 4 rings (SSSR count). The molecule has 3 aromatic rings. The first-order valence-corrected chi connectivity index (χ1v) is 10.9. The maximum Gasteiger partial charge on any atom is 0.257 e. The molecule has 2 N–H and O–H groups in total. The van der Waals surface area contributed by atoms with Crippen molar-refractivity contribution < 1.29 is 14.3 Å². The minimum Gasteiger partial charge on any atom is -0.486 e. The lowest BCUT2D eigenvalue weighted by Gasteiger charge is -2.20. The van der Waals surface area contributed by atoms with Gasteiger partial charge in [-0.05, 0) is 47.4 Å². The Balaban J connectivity index is 1.54. The number of carbonyl (C=O) groups excluding carboxylic acids is 1. The molecule has 0 aliphatic carbocycles. The highest BCUT2D eigenvalue weighted by Gasteiger charge is 2.16. The number of anilines is 1. The van der Waals surface area contributed by atoms with Crippen molar-refractivity contribution in [3.63, 3.8) is 0 Å². The van der Waals surface area contributed by atoms with E-state index in [2.05, 4.69) is 41.4 Å². The number of hydrogen-bond donors (Lipinski definition) is 2. The second-order valence-corrected chi connectivity index (χ2v) is 8.75. The summed E-state index contributed by atoms with van der Waals surface area (Å²) in [6, 6.07) is 18.8. The van der Waals surface area contributed by atoms with Gasteiger partial charge in [0.1, 0.15) is 13.2 Å². The Kier molecular flexibility index (Phi) is 6.58. The van der Waals surface area contributed by atoms with E-state index in [1.165, 1.54) is 0 Å². The van der Waals surface area contributed by atoms with Gasteiger partial charge in [-0.25, -0.2) is 4.99 Å². The van der Waals surface area contributed by atoms with Crippen molar-refractivity contribution >= 4 is 17.6 Å². The lowest BCUT2D eigenvalue weighted by molar-refractivity contribution is 0.0977. The topological polar surface area (TPSA) is 84.8 Å². The van der Waals surface area contributed by atoms with Crippen LogP contribution in [0.3, 0.4) is 0 Å². The van der Waals surface area contributed by atoms with Gasteiger partial charge < -0.3 is 14.8 Å². The predicted octanol–water partition coefficient (Wildman–Crippen LogP) is 4.55. The van der Waals surface area contributed by atoms with E-state index in [1.807, 2.05) is 60.7 Å². The first-order valence-electron chi connectivity index (χ1n) is 10.9. The lowest BCUT2D eigenvalue weighted by Crippen LogP contribution is -2.36. The number of benzene rings is 2. The Morgan fingerprint density at radius 2 is 1.76 bits per heavy atom. The highest BCUT2D eigenvalue weighted by Crippen LogP contribution is 2.32. The molecule has 7 heteroatoms. The highest BCUT2D eigenvalue weighted by atomic mass is 16.6. The molecule has 7 nitrogen and oxygen atoms in total. The Hall–Kier alpha value is -3.87. The molecule has 0 atom stereocenters. The van der Waals surface area contributed by atoms with Crippen LogP contribution >= 0.6 is 0 Å². The standard InChI is InChI=1S/C26H28N4O3/c1-26(2,3)19-9-7-18(8-10-19)24(31)30-25(28-17-21-6-4-5-13-27-21)29-20-11-12-22-23(16-20)33-15-14-32-22/h4-13,16H,14-15,17H2,1-3H3,(H2,28,29,30,31). The maximum atomic E-state index is 13.0. The van der Waals surface area contributed by atoms with E-state index in [9.17, 15) is 4.79 Å². The normalized spacial score (nSPS) is 13.4. The van der Waals surface area contributed by atoms with Crippen LogP contribution in [0.2, 0.25) is 0 Å². The van der Waals surface area contributed by atoms with Crippen LogP contribution in [0, 0.1) is 0 Å². The van der Waals surface area contributed by atoms with Crippen LogP contribution in [0.4, 0.5) is 5.69 Å². The minimum atomic E-state index is -0.250. The minimum absolute atomic E-state index is 0.0180. The van der Waals surface area contributed by atoms with Crippen LogP contribution in [-0.4, -0.2) is 30.1 Å². The van der Waals surface area contributed by atoms with Crippen molar-refractivity contribution in [3.8, 4) is 11.5 Å². The first-order chi connectivity index (χ1) is 15.9. The fourth-order valence-electron chi connectivity index (χ4n) is 3.32. The number of rotatable bonds is 4. The molecule has 1 aliphatic heterocycles. The fraction of sp³-hybridized carbons (Fsp3) is 0.269. The third-order valence-electron chi connectivity index (χ3n) is 5.18. The van der Waals surface area contributed by atoms with Gasteiger partial charge >= 0.3 is 0 Å². The lowest BCUT2D eigenvalue weighted by atomic mass is 9.87. The molecule has 170 valence electrons. The summed E-state index contributed by atoms with van der Waals surface area (Å²) in [6.45, 7) is 7.76. The van der Waals surface area contributed by atoms with Gasteiger partial charge in [0.25, 0.3) is 5.91 Å². The predicted molar refractivity (Wildman–Crippen MR) is 129 cm³/mol. The number of hydrogen-bond acceptors (Lipinski definition) is 5. The molecule has 33 heavy (non-hydrogen) atoms. The number of aromatic nitrogens is 1. The summed E-state index contributed by atoms with van der Waals surface area (Å²) in [5.41, 5.74) is 3.25. The molecule has 0 unspecified atom stereocenters. The Bertz CT molecular complexity index is 1140. The molecule has 0 spiro atoms. The van der Waals surface area contributed by atoms with Gasteiger partial charge in [0.05, 0.1) is 12.2 Å². The van der Waals surface area contributed by atoms with Gasteiger partial charge in [0.2, 0.25) is 5.96 Å². The van der Waals surface area contributed by atoms with Crippen LogP contribution in [0.25, 0.3) is 0 Å². The zero-order valence-electron chi connectivity index (χ0n) is 19.1. The van der Waals surface area contributed by atoms with Gasteiger partial charge in [0.15, 0.2) is 11.5 Å². The zero-order chi connectivity index (χ0) is 23.3. The van der Waals surface area contributed by atoms with Crippen LogP contribution < -0.4 is 20.1 Å². The number of ether oxygens (including phenoxy) is 2. The number of aliphatic imine (C=N–C) groups is 1. The van der Waals surface area contributed by atoms with E-state index < -0.39 is 0 Å². The average Bonchev–Trinajstić information content (AvgIpc) is 2.82.